The molecule has 6 N–H and O–H groups in total. The largest absolute Gasteiger partial charge is 0.504 e. The van der Waals surface area contributed by atoms with Crippen molar-refractivity contribution in [3.8, 4) is 11.5 Å². The number of rotatable bonds is 10. The third kappa shape index (κ3) is 8.29. The van der Waals surface area contributed by atoms with Gasteiger partial charge in [-0.3, -0.25) is 9.59 Å². The molecule has 0 aliphatic carbocycles. The van der Waals surface area contributed by atoms with Gasteiger partial charge in [0.25, 0.3) is 5.91 Å². The highest BCUT2D eigenvalue weighted by atomic mass is 19.1. The third-order valence-electron chi connectivity index (χ3n) is 9.49. The Hall–Kier alpha value is -5.21. The monoisotopic (exact) mass is 711 g/mol. The molecule has 5 heterocycles. The molecule has 2 unspecified atom stereocenters. The van der Waals surface area contributed by atoms with E-state index in [9.17, 15) is 19.1 Å². The molecule has 0 saturated carbocycles. The number of dihydropyridines is 2. The molecule has 0 bridgehead atoms. The summed E-state index contributed by atoms with van der Waals surface area (Å²) in [5.41, 5.74) is 10.0. The van der Waals surface area contributed by atoms with E-state index < -0.39 is 29.4 Å². The lowest BCUT2D eigenvalue weighted by Crippen LogP contribution is -2.36. The summed E-state index contributed by atoms with van der Waals surface area (Å²) in [7, 11) is 0. The molecule has 272 valence electrons. The topological polar surface area (TPSA) is 158 Å². The molecular formula is C39H42FN5O7. The lowest BCUT2D eigenvalue weighted by Gasteiger charge is -2.25. The van der Waals surface area contributed by atoms with Crippen LogP contribution in [0.2, 0.25) is 0 Å². The van der Waals surface area contributed by atoms with Gasteiger partial charge in [-0.25, -0.2) is 4.39 Å². The van der Waals surface area contributed by atoms with Crippen LogP contribution in [0.3, 0.4) is 0 Å². The number of hydrogen-bond acceptors (Lipinski definition) is 10. The number of ether oxygens (including phenoxy) is 4. The van der Waals surface area contributed by atoms with E-state index in [0.29, 0.717) is 62.5 Å². The first-order valence-electron chi connectivity index (χ1n) is 17.4. The first kappa shape index (κ1) is 35.2. The van der Waals surface area contributed by atoms with Crippen LogP contribution in [0.1, 0.15) is 45.9 Å². The van der Waals surface area contributed by atoms with Crippen LogP contribution in [0.4, 0.5) is 10.1 Å². The highest BCUT2D eigenvalue weighted by Gasteiger charge is 2.24. The Morgan fingerprint density at radius 1 is 1.02 bits per heavy atom. The van der Waals surface area contributed by atoms with E-state index in [1.165, 1.54) is 12.3 Å². The van der Waals surface area contributed by atoms with E-state index in [0.717, 1.165) is 35.1 Å². The number of nitrogens with one attached hydrogen (secondary N) is 3. The van der Waals surface area contributed by atoms with E-state index in [-0.39, 0.29) is 24.0 Å². The summed E-state index contributed by atoms with van der Waals surface area (Å²) in [6, 6.07) is 11.8. The van der Waals surface area contributed by atoms with Crippen LogP contribution in [0.15, 0.2) is 96.1 Å². The van der Waals surface area contributed by atoms with E-state index in [2.05, 4.69) is 16.0 Å². The summed E-state index contributed by atoms with van der Waals surface area (Å²) < 4.78 is 37.9. The van der Waals surface area contributed by atoms with Gasteiger partial charge in [0.2, 0.25) is 0 Å². The number of allylic oxidation sites excluding steroid dienone is 4. The maximum atomic E-state index is 13.7. The highest BCUT2D eigenvalue weighted by Crippen LogP contribution is 2.33. The summed E-state index contributed by atoms with van der Waals surface area (Å²) in [6.07, 6.45) is 12.2. The SMILES string of the molecule is NC1NC=C(c2ccc(OC[C@H]3COCCO3)c(O)c2)C=C1c1ccc(NC(=O)c2cn(CC3CCOCC3)cc(C3C=CC(F)=CN3)c2=O)cc1. The number of nitrogens with zero attached hydrogens (tertiary/aromatic N) is 1. The molecule has 2 saturated heterocycles. The lowest BCUT2D eigenvalue weighted by molar-refractivity contribution is -0.101. The second-order valence-corrected chi connectivity index (χ2v) is 13.2. The second kappa shape index (κ2) is 16.0. The number of phenolic OH excluding ortho intramolecular Hbond substituents is 1. The van der Waals surface area contributed by atoms with Crippen LogP contribution in [-0.2, 0) is 20.8 Å². The number of nitrogens with two attached hydrogens (primary N) is 1. The van der Waals surface area contributed by atoms with Crippen molar-refractivity contribution in [3.63, 3.8) is 0 Å². The van der Waals surface area contributed by atoms with Gasteiger partial charge >= 0.3 is 0 Å². The van der Waals surface area contributed by atoms with Crippen LogP contribution in [0.25, 0.3) is 11.1 Å². The van der Waals surface area contributed by atoms with Gasteiger partial charge in [0.05, 0.1) is 25.9 Å². The Bertz CT molecular complexity index is 1960. The molecule has 4 aliphatic rings. The van der Waals surface area contributed by atoms with Crippen LogP contribution in [-0.4, -0.2) is 67.5 Å². The summed E-state index contributed by atoms with van der Waals surface area (Å²) in [6.45, 7) is 3.76. The van der Waals surface area contributed by atoms with Crippen molar-refractivity contribution in [2.75, 3.05) is 45.0 Å². The van der Waals surface area contributed by atoms with Crippen LogP contribution in [0.5, 0.6) is 11.5 Å². The lowest BCUT2D eigenvalue weighted by atomic mass is 9.95. The number of aromatic nitrogens is 1. The molecule has 3 aromatic rings. The fourth-order valence-corrected chi connectivity index (χ4v) is 6.60. The molecule has 0 radical (unpaired) electrons. The predicted octanol–water partition coefficient (Wildman–Crippen LogP) is 4.35. The third-order valence-corrected chi connectivity index (χ3v) is 9.49. The van der Waals surface area contributed by atoms with E-state index in [4.69, 9.17) is 24.7 Å². The minimum Gasteiger partial charge on any atom is -0.504 e. The van der Waals surface area contributed by atoms with E-state index in [1.807, 2.05) is 28.8 Å². The molecule has 13 heteroatoms. The number of benzene rings is 2. The Kier molecular flexibility index (Phi) is 10.8. The van der Waals surface area contributed by atoms with Crippen molar-refractivity contribution in [1.82, 2.24) is 15.2 Å². The Labute approximate surface area is 300 Å². The minimum atomic E-state index is -0.576. The van der Waals surface area contributed by atoms with Crippen molar-refractivity contribution in [3.05, 3.63) is 124 Å². The number of hydrogen-bond donors (Lipinski definition) is 5. The summed E-state index contributed by atoms with van der Waals surface area (Å²) in [5.74, 6) is -0.306. The van der Waals surface area contributed by atoms with Gasteiger partial charge in [-0.15, -0.1) is 0 Å². The maximum Gasteiger partial charge on any atom is 0.261 e. The van der Waals surface area contributed by atoms with Gasteiger partial charge in [0, 0.05) is 55.8 Å². The molecule has 2 fully saturated rings. The number of phenols is 1. The molecule has 1 aromatic heterocycles. The predicted molar refractivity (Wildman–Crippen MR) is 194 cm³/mol. The molecule has 12 nitrogen and oxygen atoms in total. The average Bonchev–Trinajstić information content (AvgIpc) is 3.17. The molecule has 2 aromatic carbocycles. The fraction of sp³-hybridized carbons (Fsp3) is 0.333. The average molecular weight is 712 g/mol. The van der Waals surface area contributed by atoms with E-state index >= 15 is 0 Å². The Balaban J connectivity index is 1.06. The summed E-state index contributed by atoms with van der Waals surface area (Å²) in [5, 5.41) is 19.7. The van der Waals surface area contributed by atoms with Crippen molar-refractivity contribution >= 4 is 22.7 Å². The maximum absolute atomic E-state index is 13.7. The fourth-order valence-electron chi connectivity index (χ4n) is 6.60. The van der Waals surface area contributed by atoms with Crippen molar-refractivity contribution in [2.24, 2.45) is 11.7 Å². The van der Waals surface area contributed by atoms with Crippen LogP contribution >= 0.6 is 0 Å². The van der Waals surface area contributed by atoms with Gasteiger partial charge in [0.1, 0.15) is 30.3 Å². The van der Waals surface area contributed by atoms with Crippen LogP contribution < -0.4 is 31.8 Å². The summed E-state index contributed by atoms with van der Waals surface area (Å²) >= 11 is 0. The van der Waals surface area contributed by atoms with Gasteiger partial charge in [-0.2, -0.15) is 0 Å². The number of halogens is 1. The molecule has 0 spiro atoms. The second-order valence-electron chi connectivity index (χ2n) is 13.2. The molecule has 7 rings (SSSR count). The van der Waals surface area contributed by atoms with Gasteiger partial charge in [-0.1, -0.05) is 24.3 Å². The number of pyridine rings is 1. The van der Waals surface area contributed by atoms with Gasteiger partial charge < -0.3 is 50.3 Å². The van der Waals surface area contributed by atoms with Crippen LogP contribution in [0, 0.1) is 5.92 Å². The Morgan fingerprint density at radius 3 is 2.56 bits per heavy atom. The van der Waals surface area contributed by atoms with Gasteiger partial charge in [0.15, 0.2) is 16.9 Å². The first-order chi connectivity index (χ1) is 25.3. The zero-order chi connectivity index (χ0) is 36.0. The summed E-state index contributed by atoms with van der Waals surface area (Å²) in [4.78, 5) is 27.3. The zero-order valence-corrected chi connectivity index (χ0v) is 28.6. The van der Waals surface area contributed by atoms with Crippen molar-refractivity contribution in [1.29, 1.82) is 0 Å². The smallest absolute Gasteiger partial charge is 0.261 e. The highest BCUT2D eigenvalue weighted by molar-refractivity contribution is 6.04. The quantitative estimate of drug-likeness (QED) is 0.205. The van der Waals surface area contributed by atoms with Gasteiger partial charge in [-0.05, 0) is 77.5 Å². The molecular weight excluding hydrogens is 669 g/mol. The zero-order valence-electron chi connectivity index (χ0n) is 28.6. The normalized spacial score (nSPS) is 22.0. The first-order valence-corrected chi connectivity index (χ1v) is 17.4. The Morgan fingerprint density at radius 2 is 1.83 bits per heavy atom. The van der Waals surface area contributed by atoms with E-state index in [1.54, 1.807) is 48.9 Å². The molecule has 3 atom stereocenters. The number of amides is 1. The standard InChI is InChI=1S/C39H42FN5O7/c40-28-4-7-34(42-18-28)32-20-45(19-24-9-11-49-12-10-24)21-33(37(32)47)39(48)44-29-5-1-25(2-6-29)31-15-27(17-43-38(31)41)26-3-8-36(35(46)16-26)52-23-30-22-50-13-14-51-30/h1-8,15-18,20-21,24,30,34,38,42-43,46H,9-14,19,22-23,41H2,(H,44,48)/t30-,34?,38?/m1/s1. The molecule has 52 heavy (non-hydrogen) atoms. The minimum absolute atomic E-state index is 0.00173. The molecule has 4 aliphatic heterocycles. The number of aromatic hydroxyl groups is 1. The number of carbonyl (C=O) groups is 1. The van der Waals surface area contributed by atoms with Crippen molar-refractivity contribution < 1.29 is 33.2 Å². The molecule has 1 amide bonds. The number of anilines is 1. The van der Waals surface area contributed by atoms with Crippen molar-refractivity contribution in [2.45, 2.75) is 37.7 Å². The number of carbonyl (C=O) groups excluding carboxylic acids is 1.